The fourth-order valence-corrected chi connectivity index (χ4v) is 1.09. The van der Waals surface area contributed by atoms with Crippen LogP contribution in [0.2, 0.25) is 0 Å². The highest BCUT2D eigenvalue weighted by molar-refractivity contribution is 5.87. The second kappa shape index (κ2) is 6.47. The number of hydrogen-bond acceptors (Lipinski definition) is 4. The van der Waals surface area contributed by atoms with Crippen LogP contribution in [0.4, 0.5) is 9.59 Å². The van der Waals surface area contributed by atoms with E-state index in [0.29, 0.717) is 6.54 Å². The van der Waals surface area contributed by atoms with Crippen LogP contribution in [0, 0.1) is 5.92 Å². The number of hydrogen-bond donors (Lipinski definition) is 0. The summed E-state index contributed by atoms with van der Waals surface area (Å²) in [7, 11) is 1.25. The van der Waals surface area contributed by atoms with Crippen LogP contribution < -0.4 is 0 Å². The number of nitrogens with zero attached hydrogens (tertiary/aromatic N) is 1. The molecule has 2 amide bonds. The Morgan fingerprint density at radius 1 is 1.24 bits per heavy atom. The van der Waals surface area contributed by atoms with Crippen molar-refractivity contribution in [2.75, 3.05) is 13.7 Å². The molecule has 0 aliphatic heterocycles. The Morgan fingerprint density at radius 3 is 2.12 bits per heavy atom. The molecule has 0 aromatic carbocycles. The third-order valence-electron chi connectivity index (χ3n) is 2.20. The highest BCUT2D eigenvalue weighted by atomic mass is 16.6. The zero-order valence-electron chi connectivity index (χ0n) is 11.6. The average molecular weight is 245 g/mol. The Kier molecular flexibility index (Phi) is 5.99. The average Bonchev–Trinajstić information content (AvgIpc) is 2.21. The Balaban J connectivity index is 4.68. The largest absolute Gasteiger partial charge is 0.452 e. The van der Waals surface area contributed by atoms with Crippen molar-refractivity contribution in [2.24, 2.45) is 5.92 Å². The lowest BCUT2D eigenvalue weighted by Gasteiger charge is -2.26. The van der Waals surface area contributed by atoms with Crippen molar-refractivity contribution >= 4 is 12.2 Å². The van der Waals surface area contributed by atoms with E-state index in [4.69, 9.17) is 4.74 Å². The zero-order valence-corrected chi connectivity index (χ0v) is 11.6. The van der Waals surface area contributed by atoms with Gasteiger partial charge in [-0.1, -0.05) is 20.3 Å². The molecule has 0 rings (SSSR count). The van der Waals surface area contributed by atoms with Crippen LogP contribution in [0.3, 0.4) is 0 Å². The van der Waals surface area contributed by atoms with Crippen molar-refractivity contribution in [1.29, 1.82) is 0 Å². The minimum atomic E-state index is -0.681. The summed E-state index contributed by atoms with van der Waals surface area (Å²) in [5.74, 6) is 0.210. The van der Waals surface area contributed by atoms with Crippen molar-refractivity contribution in [1.82, 2.24) is 4.90 Å². The molecule has 17 heavy (non-hydrogen) atoms. The zero-order chi connectivity index (χ0) is 13.6. The number of ether oxygens (including phenoxy) is 2. The summed E-state index contributed by atoms with van der Waals surface area (Å²) in [4.78, 5) is 24.3. The van der Waals surface area contributed by atoms with E-state index in [1.54, 1.807) is 20.8 Å². The highest BCUT2D eigenvalue weighted by Crippen LogP contribution is 2.13. The lowest BCUT2D eigenvalue weighted by atomic mass is 10.1. The molecule has 0 aromatic rings. The fourth-order valence-electron chi connectivity index (χ4n) is 1.09. The van der Waals surface area contributed by atoms with Crippen molar-refractivity contribution in [3.8, 4) is 0 Å². The first kappa shape index (κ1) is 15.7. The van der Waals surface area contributed by atoms with Gasteiger partial charge in [-0.05, 0) is 26.7 Å². The first-order chi connectivity index (χ1) is 7.71. The summed E-state index contributed by atoms with van der Waals surface area (Å²) in [5, 5.41) is 0. The van der Waals surface area contributed by atoms with Crippen molar-refractivity contribution in [3.05, 3.63) is 0 Å². The monoisotopic (exact) mass is 245 g/mol. The maximum atomic E-state index is 11.8. The summed E-state index contributed by atoms with van der Waals surface area (Å²) in [6, 6.07) is 0. The maximum absolute atomic E-state index is 11.8. The molecule has 100 valence electrons. The molecular weight excluding hydrogens is 222 g/mol. The van der Waals surface area contributed by atoms with E-state index in [9.17, 15) is 9.59 Å². The van der Waals surface area contributed by atoms with Crippen LogP contribution >= 0.6 is 0 Å². The van der Waals surface area contributed by atoms with Gasteiger partial charge >= 0.3 is 12.2 Å². The molecule has 0 heterocycles. The molecule has 0 spiro atoms. The highest BCUT2D eigenvalue weighted by Gasteiger charge is 2.28. The first-order valence-electron chi connectivity index (χ1n) is 5.79. The number of rotatable bonds is 3. The maximum Gasteiger partial charge on any atom is 0.419 e. The summed E-state index contributed by atoms with van der Waals surface area (Å²) in [6.07, 6.45) is -0.472. The Bertz CT molecular complexity index is 270. The van der Waals surface area contributed by atoms with Gasteiger partial charge in [0.15, 0.2) is 0 Å². The standard InChI is InChI=1S/C12H23NO4/c1-7-9(2)8-13(10(14)16-6)11(15)17-12(3,4)5/h9H,7-8H2,1-6H3. The smallest absolute Gasteiger partial charge is 0.419 e. The predicted molar refractivity (Wildman–Crippen MR) is 64.8 cm³/mol. The first-order valence-corrected chi connectivity index (χ1v) is 5.79. The van der Waals surface area contributed by atoms with E-state index < -0.39 is 17.8 Å². The molecule has 5 nitrogen and oxygen atoms in total. The number of methoxy groups -OCH3 is 1. The number of carbonyl (C=O) groups is 2. The normalized spacial score (nSPS) is 12.8. The molecule has 0 aliphatic carbocycles. The van der Waals surface area contributed by atoms with Crippen LogP contribution in [-0.2, 0) is 9.47 Å². The third kappa shape index (κ3) is 6.14. The lowest BCUT2D eigenvalue weighted by Crippen LogP contribution is -2.42. The molecule has 0 aliphatic rings. The van der Waals surface area contributed by atoms with E-state index in [1.807, 2.05) is 13.8 Å². The SMILES string of the molecule is CCC(C)CN(C(=O)OC)C(=O)OC(C)(C)C. The molecule has 1 unspecified atom stereocenters. The van der Waals surface area contributed by atoms with Crippen LogP contribution in [0.1, 0.15) is 41.0 Å². The van der Waals surface area contributed by atoms with E-state index >= 15 is 0 Å². The van der Waals surface area contributed by atoms with Gasteiger partial charge in [0.1, 0.15) is 5.60 Å². The van der Waals surface area contributed by atoms with Gasteiger partial charge in [-0.25, -0.2) is 14.5 Å². The van der Waals surface area contributed by atoms with Gasteiger partial charge in [0.2, 0.25) is 0 Å². The van der Waals surface area contributed by atoms with Gasteiger partial charge in [0.05, 0.1) is 7.11 Å². The lowest BCUT2D eigenvalue weighted by molar-refractivity contribution is 0.0221. The molecule has 0 bridgehead atoms. The van der Waals surface area contributed by atoms with Gasteiger partial charge in [0.25, 0.3) is 0 Å². The van der Waals surface area contributed by atoms with Crippen molar-refractivity contribution in [3.63, 3.8) is 0 Å². The van der Waals surface area contributed by atoms with Crippen molar-refractivity contribution in [2.45, 2.75) is 46.6 Å². The Morgan fingerprint density at radius 2 is 1.76 bits per heavy atom. The van der Waals surface area contributed by atoms with Crippen LogP contribution in [0.25, 0.3) is 0 Å². The molecule has 0 N–H and O–H groups in total. The van der Waals surface area contributed by atoms with E-state index in [-0.39, 0.29) is 5.92 Å². The van der Waals surface area contributed by atoms with E-state index in [1.165, 1.54) is 7.11 Å². The minimum Gasteiger partial charge on any atom is -0.452 e. The summed E-state index contributed by atoms with van der Waals surface area (Å²) in [5.41, 5.74) is -0.626. The van der Waals surface area contributed by atoms with Gasteiger partial charge in [-0.15, -0.1) is 0 Å². The summed E-state index contributed by atoms with van der Waals surface area (Å²) >= 11 is 0. The second-order valence-electron chi connectivity index (χ2n) is 5.07. The molecular formula is C12H23NO4. The number of imide groups is 1. The second-order valence-corrected chi connectivity index (χ2v) is 5.07. The Hall–Kier alpha value is -1.26. The molecule has 0 saturated heterocycles. The van der Waals surface area contributed by atoms with E-state index in [0.717, 1.165) is 11.3 Å². The van der Waals surface area contributed by atoms with Gasteiger partial charge < -0.3 is 9.47 Å². The van der Waals surface area contributed by atoms with Crippen LogP contribution in [-0.4, -0.2) is 36.3 Å². The Labute approximate surface area is 103 Å². The third-order valence-corrected chi connectivity index (χ3v) is 2.20. The molecule has 5 heteroatoms. The topological polar surface area (TPSA) is 55.8 Å². The van der Waals surface area contributed by atoms with Gasteiger partial charge in [0, 0.05) is 6.54 Å². The number of amides is 2. The molecule has 0 aromatic heterocycles. The van der Waals surface area contributed by atoms with Gasteiger partial charge in [-0.3, -0.25) is 0 Å². The van der Waals surface area contributed by atoms with Gasteiger partial charge in [-0.2, -0.15) is 0 Å². The molecule has 0 radical (unpaired) electrons. The van der Waals surface area contributed by atoms with E-state index in [2.05, 4.69) is 4.74 Å². The number of carbonyl (C=O) groups excluding carboxylic acids is 2. The quantitative estimate of drug-likeness (QED) is 0.766. The summed E-state index contributed by atoms with van der Waals surface area (Å²) in [6.45, 7) is 9.52. The molecule has 0 fully saturated rings. The predicted octanol–water partition coefficient (Wildman–Crippen LogP) is 3.04. The molecule has 0 saturated carbocycles. The van der Waals surface area contributed by atoms with Crippen molar-refractivity contribution < 1.29 is 19.1 Å². The molecule has 1 atom stereocenters. The fraction of sp³-hybridized carbons (Fsp3) is 0.833. The van der Waals surface area contributed by atoms with Crippen LogP contribution in [0.15, 0.2) is 0 Å². The van der Waals surface area contributed by atoms with Crippen LogP contribution in [0.5, 0.6) is 0 Å². The minimum absolute atomic E-state index is 0.210. The summed E-state index contributed by atoms with van der Waals surface area (Å²) < 4.78 is 9.73.